The summed E-state index contributed by atoms with van der Waals surface area (Å²) in [5, 5.41) is 14.9. The van der Waals surface area contributed by atoms with Crippen LogP contribution in [0.25, 0.3) is 0 Å². The fourth-order valence-corrected chi connectivity index (χ4v) is 2.51. The number of anilines is 1. The van der Waals surface area contributed by atoms with Crippen molar-refractivity contribution in [2.24, 2.45) is 5.73 Å². The molecule has 25 heavy (non-hydrogen) atoms. The molecular formula is C17H29N3O5. The van der Waals surface area contributed by atoms with Crippen molar-refractivity contribution in [1.29, 1.82) is 0 Å². The fraction of sp³-hybridized carbons (Fsp3) is 0.588. The van der Waals surface area contributed by atoms with Crippen molar-refractivity contribution in [2.75, 3.05) is 39.8 Å². The molecule has 0 spiro atoms. The number of rotatable bonds is 12. The summed E-state index contributed by atoms with van der Waals surface area (Å²) in [5.74, 6) is 1.47. The van der Waals surface area contributed by atoms with Crippen molar-refractivity contribution in [2.45, 2.75) is 32.0 Å². The van der Waals surface area contributed by atoms with Crippen molar-refractivity contribution in [1.82, 2.24) is 5.32 Å². The first kappa shape index (κ1) is 21.0. The van der Waals surface area contributed by atoms with Crippen molar-refractivity contribution in [3.63, 3.8) is 0 Å². The number of aliphatic hydroxyl groups excluding tert-OH is 1. The Morgan fingerprint density at radius 1 is 1.20 bits per heavy atom. The monoisotopic (exact) mass is 355 g/mol. The summed E-state index contributed by atoms with van der Waals surface area (Å²) in [6.45, 7) is 2.27. The number of Topliss-reactive ketones (excluding diaryl/α,β-unsaturated/α-hetero) is 1. The summed E-state index contributed by atoms with van der Waals surface area (Å²) < 4.78 is 15.9. The molecule has 1 aromatic rings. The molecule has 2 unspecified atom stereocenters. The van der Waals surface area contributed by atoms with Crippen LogP contribution in [0.5, 0.6) is 17.2 Å². The second-order valence-electron chi connectivity index (χ2n) is 5.47. The Morgan fingerprint density at radius 2 is 1.80 bits per heavy atom. The van der Waals surface area contributed by atoms with Crippen LogP contribution in [0.4, 0.5) is 5.69 Å². The summed E-state index contributed by atoms with van der Waals surface area (Å²) in [6.07, 6.45) is 0.212. The lowest BCUT2D eigenvalue weighted by molar-refractivity contribution is -0.121. The molecular weight excluding hydrogens is 326 g/mol. The molecule has 142 valence electrons. The molecule has 1 aromatic carbocycles. The van der Waals surface area contributed by atoms with E-state index in [1.54, 1.807) is 12.1 Å². The van der Waals surface area contributed by atoms with E-state index in [-0.39, 0.29) is 24.9 Å². The van der Waals surface area contributed by atoms with Gasteiger partial charge >= 0.3 is 0 Å². The van der Waals surface area contributed by atoms with Gasteiger partial charge in [-0.3, -0.25) is 4.79 Å². The highest BCUT2D eigenvalue weighted by atomic mass is 16.5. The second kappa shape index (κ2) is 10.8. The van der Waals surface area contributed by atoms with E-state index in [1.807, 2.05) is 6.92 Å². The van der Waals surface area contributed by atoms with Gasteiger partial charge in [0.1, 0.15) is 0 Å². The van der Waals surface area contributed by atoms with E-state index < -0.39 is 6.17 Å². The number of nitrogens with two attached hydrogens (primary N) is 1. The van der Waals surface area contributed by atoms with Gasteiger partial charge in [0.05, 0.1) is 40.1 Å². The minimum atomic E-state index is -0.569. The number of nitrogens with one attached hydrogen (secondary N) is 2. The molecule has 0 saturated heterocycles. The molecule has 0 amide bonds. The highest BCUT2D eigenvalue weighted by Crippen LogP contribution is 2.40. The zero-order valence-electron chi connectivity index (χ0n) is 15.3. The Hall–Kier alpha value is -2.03. The number of ether oxygens (including phenoxy) is 3. The molecule has 0 bridgehead atoms. The number of hydrogen-bond acceptors (Lipinski definition) is 8. The Bertz CT molecular complexity index is 528. The summed E-state index contributed by atoms with van der Waals surface area (Å²) in [6, 6.07) is 3.14. The van der Waals surface area contributed by atoms with E-state index in [1.165, 1.54) is 21.3 Å². The smallest absolute Gasteiger partial charge is 0.203 e. The first-order valence-electron chi connectivity index (χ1n) is 8.19. The van der Waals surface area contributed by atoms with Gasteiger partial charge in [-0.15, -0.1) is 0 Å². The van der Waals surface area contributed by atoms with Gasteiger partial charge in [-0.05, 0) is 6.42 Å². The van der Waals surface area contributed by atoms with E-state index in [2.05, 4.69) is 10.6 Å². The third-order valence-corrected chi connectivity index (χ3v) is 3.74. The van der Waals surface area contributed by atoms with Crippen molar-refractivity contribution in [3.05, 3.63) is 12.1 Å². The molecule has 8 nitrogen and oxygen atoms in total. The summed E-state index contributed by atoms with van der Waals surface area (Å²) in [5.41, 5.74) is 6.72. The Morgan fingerprint density at radius 3 is 2.24 bits per heavy atom. The first-order valence-corrected chi connectivity index (χ1v) is 8.19. The zero-order valence-corrected chi connectivity index (χ0v) is 15.3. The Kier molecular flexibility index (Phi) is 9.04. The van der Waals surface area contributed by atoms with Crippen molar-refractivity contribution >= 4 is 11.5 Å². The maximum atomic E-state index is 12.3. The van der Waals surface area contributed by atoms with Crippen LogP contribution < -0.4 is 30.6 Å². The molecule has 0 aliphatic heterocycles. The highest BCUT2D eigenvalue weighted by molar-refractivity contribution is 5.84. The lowest BCUT2D eigenvalue weighted by Crippen LogP contribution is -2.42. The van der Waals surface area contributed by atoms with Crippen LogP contribution in [0.3, 0.4) is 0 Å². The van der Waals surface area contributed by atoms with Crippen LogP contribution in [0.15, 0.2) is 12.1 Å². The molecule has 0 aromatic heterocycles. The Balaban J connectivity index is 2.79. The van der Waals surface area contributed by atoms with Crippen LogP contribution in [0.2, 0.25) is 0 Å². The third-order valence-electron chi connectivity index (χ3n) is 3.74. The fourth-order valence-electron chi connectivity index (χ4n) is 2.51. The molecule has 5 N–H and O–H groups in total. The largest absolute Gasteiger partial charge is 0.493 e. The molecule has 2 atom stereocenters. The van der Waals surface area contributed by atoms with Gasteiger partial charge in [0, 0.05) is 30.8 Å². The van der Waals surface area contributed by atoms with Crippen molar-refractivity contribution in [3.8, 4) is 17.2 Å². The summed E-state index contributed by atoms with van der Waals surface area (Å²) >= 11 is 0. The SMILES string of the molecule is CCC(NCCO)C(=O)CC(N)Nc1cc(OC)c(OC)c(OC)c1. The number of methoxy groups -OCH3 is 3. The maximum Gasteiger partial charge on any atom is 0.203 e. The van der Waals surface area contributed by atoms with Crippen LogP contribution in [0, 0.1) is 0 Å². The van der Waals surface area contributed by atoms with E-state index in [0.717, 1.165) is 0 Å². The highest BCUT2D eigenvalue weighted by Gasteiger charge is 2.19. The molecule has 0 fully saturated rings. The predicted molar refractivity (Wildman–Crippen MR) is 96.5 cm³/mol. The average molecular weight is 355 g/mol. The lowest BCUT2D eigenvalue weighted by atomic mass is 10.1. The minimum absolute atomic E-state index is 0.0107. The summed E-state index contributed by atoms with van der Waals surface area (Å²) in [7, 11) is 4.59. The molecule has 0 saturated carbocycles. The van der Waals surface area contributed by atoms with E-state index in [4.69, 9.17) is 25.1 Å². The minimum Gasteiger partial charge on any atom is -0.493 e. The number of benzene rings is 1. The van der Waals surface area contributed by atoms with Crippen LogP contribution in [-0.2, 0) is 4.79 Å². The Labute approximate surface area is 148 Å². The topological polar surface area (TPSA) is 115 Å². The van der Waals surface area contributed by atoms with Gasteiger partial charge < -0.3 is 35.7 Å². The molecule has 8 heteroatoms. The standard InChI is InChI=1S/C17H29N3O5/c1-5-12(19-6-7-21)13(22)10-16(18)20-11-8-14(23-2)17(25-4)15(9-11)24-3/h8-9,12,16,19-21H,5-7,10,18H2,1-4H3. The van der Waals surface area contributed by atoms with Gasteiger partial charge in [0.2, 0.25) is 5.75 Å². The van der Waals surface area contributed by atoms with Gasteiger partial charge in [0.15, 0.2) is 17.3 Å². The molecule has 0 aliphatic rings. The molecule has 0 aliphatic carbocycles. The second-order valence-corrected chi connectivity index (χ2v) is 5.47. The molecule has 0 heterocycles. The number of ketones is 1. The summed E-state index contributed by atoms with van der Waals surface area (Å²) in [4.78, 5) is 12.3. The van der Waals surface area contributed by atoms with Crippen LogP contribution in [-0.4, -0.2) is 57.6 Å². The van der Waals surface area contributed by atoms with Gasteiger partial charge in [-0.25, -0.2) is 0 Å². The van der Waals surface area contributed by atoms with Crippen molar-refractivity contribution < 1.29 is 24.1 Å². The maximum absolute atomic E-state index is 12.3. The van der Waals surface area contributed by atoms with Gasteiger partial charge in [-0.2, -0.15) is 0 Å². The van der Waals surface area contributed by atoms with E-state index in [9.17, 15) is 4.79 Å². The van der Waals surface area contributed by atoms with Crippen LogP contribution in [0.1, 0.15) is 19.8 Å². The number of aliphatic hydroxyl groups is 1. The van der Waals surface area contributed by atoms with Gasteiger partial charge in [-0.1, -0.05) is 6.92 Å². The van der Waals surface area contributed by atoms with Crippen LogP contribution >= 0.6 is 0 Å². The zero-order chi connectivity index (χ0) is 18.8. The number of carbonyl (C=O) groups excluding carboxylic acids is 1. The number of carbonyl (C=O) groups is 1. The average Bonchev–Trinajstić information content (AvgIpc) is 2.61. The molecule has 0 radical (unpaired) electrons. The van der Waals surface area contributed by atoms with E-state index >= 15 is 0 Å². The number of hydrogen-bond donors (Lipinski definition) is 4. The third kappa shape index (κ3) is 6.08. The first-order chi connectivity index (χ1) is 12.0. The van der Waals surface area contributed by atoms with E-state index in [0.29, 0.717) is 35.9 Å². The quantitative estimate of drug-likeness (QED) is 0.406. The lowest BCUT2D eigenvalue weighted by Gasteiger charge is -2.20. The normalized spacial score (nSPS) is 13.0. The van der Waals surface area contributed by atoms with Gasteiger partial charge in [0.25, 0.3) is 0 Å². The molecule has 1 rings (SSSR count). The predicted octanol–water partition coefficient (Wildman–Crippen LogP) is 0.729.